The third-order valence-electron chi connectivity index (χ3n) is 4.06. The molecule has 0 aromatic carbocycles. The number of ether oxygens (including phenoxy) is 1. The van der Waals surface area contributed by atoms with Crippen LogP contribution < -0.4 is 5.32 Å². The Morgan fingerprint density at radius 1 is 1.24 bits per heavy atom. The first-order valence-electron chi connectivity index (χ1n) is 8.31. The van der Waals surface area contributed by atoms with Gasteiger partial charge in [-0.1, -0.05) is 13.8 Å². The second-order valence-corrected chi connectivity index (χ2v) is 6.14. The molecule has 3 heterocycles. The third kappa shape index (κ3) is 3.74. The fourth-order valence-corrected chi connectivity index (χ4v) is 2.71. The number of hydrogen-bond donors (Lipinski definition) is 1. The number of nitrogens with one attached hydrogen (secondary N) is 1. The van der Waals surface area contributed by atoms with E-state index in [0.29, 0.717) is 36.8 Å². The van der Waals surface area contributed by atoms with Gasteiger partial charge in [0.25, 0.3) is 5.91 Å². The summed E-state index contributed by atoms with van der Waals surface area (Å²) in [6.07, 6.45) is 6.12. The van der Waals surface area contributed by atoms with Crippen molar-refractivity contribution in [2.24, 2.45) is 0 Å². The second-order valence-electron chi connectivity index (χ2n) is 6.14. The fourth-order valence-electron chi connectivity index (χ4n) is 2.71. The lowest BCUT2D eigenvalue weighted by Gasteiger charge is -2.33. The van der Waals surface area contributed by atoms with Crippen LogP contribution >= 0.6 is 0 Å². The number of carbonyl (C=O) groups is 1. The van der Waals surface area contributed by atoms with Gasteiger partial charge in [-0.3, -0.25) is 9.78 Å². The van der Waals surface area contributed by atoms with Crippen LogP contribution in [0.2, 0.25) is 0 Å². The van der Waals surface area contributed by atoms with E-state index in [1.807, 2.05) is 13.8 Å². The first-order valence-corrected chi connectivity index (χ1v) is 8.31. The number of aromatic nitrogens is 4. The number of nitrogens with zero attached hydrogens (tertiary/aromatic N) is 5. The van der Waals surface area contributed by atoms with Crippen molar-refractivity contribution in [3.63, 3.8) is 0 Å². The van der Waals surface area contributed by atoms with Crippen LogP contribution in [0.5, 0.6) is 0 Å². The Bertz CT molecular complexity index is 734. The molecule has 0 saturated carbocycles. The van der Waals surface area contributed by atoms with Crippen LogP contribution in [0.25, 0.3) is 0 Å². The molecule has 1 amide bonds. The normalized spacial score (nSPS) is 17.6. The van der Waals surface area contributed by atoms with Crippen molar-refractivity contribution < 1.29 is 9.53 Å². The van der Waals surface area contributed by atoms with Crippen LogP contribution in [-0.2, 0) is 4.74 Å². The zero-order valence-corrected chi connectivity index (χ0v) is 14.6. The number of morpholine rings is 1. The van der Waals surface area contributed by atoms with E-state index in [-0.39, 0.29) is 17.9 Å². The maximum atomic E-state index is 12.8. The van der Waals surface area contributed by atoms with Crippen LogP contribution in [0.1, 0.15) is 47.7 Å². The van der Waals surface area contributed by atoms with E-state index >= 15 is 0 Å². The Morgan fingerprint density at radius 2 is 1.96 bits per heavy atom. The van der Waals surface area contributed by atoms with Crippen molar-refractivity contribution >= 4 is 11.7 Å². The monoisotopic (exact) mass is 342 g/mol. The van der Waals surface area contributed by atoms with Gasteiger partial charge in [-0.25, -0.2) is 15.0 Å². The first kappa shape index (κ1) is 17.2. The summed E-state index contributed by atoms with van der Waals surface area (Å²) in [6, 6.07) is 0. The molecular formula is C17H22N6O2. The minimum atomic E-state index is -0.315. The maximum Gasteiger partial charge on any atom is 0.257 e. The van der Waals surface area contributed by atoms with Crippen LogP contribution in [0.15, 0.2) is 24.8 Å². The summed E-state index contributed by atoms with van der Waals surface area (Å²) in [6.45, 7) is 5.42. The molecule has 8 heteroatoms. The third-order valence-corrected chi connectivity index (χ3v) is 4.06. The first-order chi connectivity index (χ1) is 12.1. The van der Waals surface area contributed by atoms with E-state index in [1.165, 1.54) is 0 Å². The van der Waals surface area contributed by atoms with E-state index in [2.05, 4.69) is 25.3 Å². The lowest BCUT2D eigenvalue weighted by Crippen LogP contribution is -2.42. The zero-order chi connectivity index (χ0) is 17.8. The fraction of sp³-hybridized carbons (Fsp3) is 0.471. The summed E-state index contributed by atoms with van der Waals surface area (Å²) in [4.78, 5) is 31.7. The molecule has 8 nitrogen and oxygen atoms in total. The Labute approximate surface area is 146 Å². The molecule has 1 aliphatic rings. The van der Waals surface area contributed by atoms with Crippen LogP contribution in [0.3, 0.4) is 0 Å². The highest BCUT2D eigenvalue weighted by atomic mass is 16.5. The molecule has 1 atom stereocenters. The summed E-state index contributed by atoms with van der Waals surface area (Å²) < 4.78 is 5.81. The van der Waals surface area contributed by atoms with E-state index < -0.39 is 0 Å². The van der Waals surface area contributed by atoms with Crippen molar-refractivity contribution in [2.45, 2.75) is 25.9 Å². The molecule has 132 valence electrons. The molecule has 0 bridgehead atoms. The lowest BCUT2D eigenvalue weighted by molar-refractivity contribution is -0.0245. The topological polar surface area (TPSA) is 93.1 Å². The SMILES string of the molecule is CNc1nccnc1C1CN(C(=O)c2cnc(C(C)C)nc2)CCO1. The predicted octanol–water partition coefficient (Wildman–Crippen LogP) is 1.65. The molecule has 2 aromatic rings. The molecule has 1 fully saturated rings. The number of carbonyl (C=O) groups excluding carboxylic acids is 1. The van der Waals surface area contributed by atoms with E-state index in [4.69, 9.17) is 4.74 Å². The van der Waals surface area contributed by atoms with Gasteiger partial charge in [-0.15, -0.1) is 0 Å². The molecule has 25 heavy (non-hydrogen) atoms. The number of anilines is 1. The number of amides is 1. The van der Waals surface area contributed by atoms with E-state index in [1.54, 1.807) is 36.7 Å². The van der Waals surface area contributed by atoms with Gasteiger partial charge in [-0.05, 0) is 0 Å². The van der Waals surface area contributed by atoms with Crippen molar-refractivity contribution in [2.75, 3.05) is 32.1 Å². The lowest BCUT2D eigenvalue weighted by atomic mass is 10.1. The molecule has 2 aromatic heterocycles. The van der Waals surface area contributed by atoms with Gasteiger partial charge in [0, 0.05) is 44.3 Å². The van der Waals surface area contributed by atoms with Gasteiger partial charge in [-0.2, -0.15) is 0 Å². The average Bonchev–Trinajstić information content (AvgIpc) is 2.67. The Kier molecular flexibility index (Phi) is 5.18. The van der Waals surface area contributed by atoms with Crippen LogP contribution in [0.4, 0.5) is 5.82 Å². The number of hydrogen-bond acceptors (Lipinski definition) is 7. The standard InChI is InChI=1S/C17H22N6O2/c1-11(2)15-21-8-12(9-22-15)17(24)23-6-7-25-13(10-23)14-16(18-3)20-5-4-19-14/h4-5,8-9,11,13H,6-7,10H2,1-3H3,(H,18,20). The highest BCUT2D eigenvalue weighted by molar-refractivity contribution is 5.93. The van der Waals surface area contributed by atoms with Gasteiger partial charge < -0.3 is 15.0 Å². The summed E-state index contributed by atoms with van der Waals surface area (Å²) in [5.41, 5.74) is 1.19. The minimum Gasteiger partial charge on any atom is -0.372 e. The largest absolute Gasteiger partial charge is 0.372 e. The Hall–Kier alpha value is -2.61. The Morgan fingerprint density at radius 3 is 2.64 bits per heavy atom. The van der Waals surface area contributed by atoms with Crippen molar-refractivity contribution in [3.8, 4) is 0 Å². The summed E-state index contributed by atoms with van der Waals surface area (Å²) in [7, 11) is 1.78. The van der Waals surface area contributed by atoms with Crippen molar-refractivity contribution in [1.29, 1.82) is 0 Å². The van der Waals surface area contributed by atoms with Crippen LogP contribution in [-0.4, -0.2) is 57.5 Å². The highest BCUT2D eigenvalue weighted by Gasteiger charge is 2.29. The van der Waals surface area contributed by atoms with Gasteiger partial charge in [0.15, 0.2) is 0 Å². The quantitative estimate of drug-likeness (QED) is 0.903. The van der Waals surface area contributed by atoms with Crippen molar-refractivity contribution in [1.82, 2.24) is 24.8 Å². The maximum absolute atomic E-state index is 12.8. The molecule has 1 aliphatic heterocycles. The molecule has 0 spiro atoms. The zero-order valence-electron chi connectivity index (χ0n) is 14.6. The summed E-state index contributed by atoms with van der Waals surface area (Å²) >= 11 is 0. The number of rotatable bonds is 4. The van der Waals surface area contributed by atoms with E-state index in [9.17, 15) is 4.79 Å². The van der Waals surface area contributed by atoms with E-state index in [0.717, 1.165) is 5.82 Å². The molecule has 1 saturated heterocycles. The molecule has 1 unspecified atom stereocenters. The molecule has 1 N–H and O–H groups in total. The minimum absolute atomic E-state index is 0.0986. The van der Waals surface area contributed by atoms with Gasteiger partial charge >= 0.3 is 0 Å². The highest BCUT2D eigenvalue weighted by Crippen LogP contribution is 2.25. The second kappa shape index (κ2) is 7.52. The molecule has 0 aliphatic carbocycles. The Balaban J connectivity index is 1.75. The smallest absolute Gasteiger partial charge is 0.257 e. The predicted molar refractivity (Wildman–Crippen MR) is 92.3 cm³/mol. The molecule has 0 radical (unpaired) electrons. The van der Waals surface area contributed by atoms with Gasteiger partial charge in [0.05, 0.1) is 18.7 Å². The molecule has 3 rings (SSSR count). The van der Waals surface area contributed by atoms with Gasteiger partial charge in [0.2, 0.25) is 0 Å². The van der Waals surface area contributed by atoms with Crippen molar-refractivity contribution in [3.05, 3.63) is 41.9 Å². The summed E-state index contributed by atoms with van der Waals surface area (Å²) in [5.74, 6) is 1.52. The molecular weight excluding hydrogens is 320 g/mol. The summed E-state index contributed by atoms with van der Waals surface area (Å²) in [5, 5.41) is 3.01. The van der Waals surface area contributed by atoms with Gasteiger partial charge in [0.1, 0.15) is 23.4 Å². The van der Waals surface area contributed by atoms with Crippen LogP contribution in [0, 0.1) is 0 Å². The average molecular weight is 342 g/mol.